The van der Waals surface area contributed by atoms with Crippen molar-refractivity contribution in [2.24, 2.45) is 5.73 Å². The average molecular weight is 320 g/mol. The molecule has 0 aromatic heterocycles. The molecule has 4 N–H and O–H groups in total. The monoisotopic (exact) mass is 319 g/mol. The van der Waals surface area contributed by atoms with Crippen molar-refractivity contribution in [2.75, 3.05) is 6.54 Å². The molecule has 0 radical (unpaired) electrons. The third kappa shape index (κ3) is 4.75. The van der Waals surface area contributed by atoms with Gasteiger partial charge >= 0.3 is 0 Å². The molecule has 0 fully saturated rings. The van der Waals surface area contributed by atoms with Gasteiger partial charge in [-0.05, 0) is 38.1 Å². The van der Waals surface area contributed by atoms with E-state index in [4.69, 9.17) is 17.3 Å². The summed E-state index contributed by atoms with van der Waals surface area (Å²) in [6.45, 7) is 3.48. The number of hydrogen-bond donors (Lipinski definition) is 3. The van der Waals surface area contributed by atoms with E-state index in [0.717, 1.165) is 0 Å². The summed E-state index contributed by atoms with van der Waals surface area (Å²) in [5, 5.41) is 3.04. The van der Waals surface area contributed by atoms with Crippen molar-refractivity contribution in [3.8, 4) is 0 Å². The van der Waals surface area contributed by atoms with Gasteiger partial charge in [-0.1, -0.05) is 11.6 Å². The number of hydrogen-bond acceptors (Lipinski definition) is 4. The Morgan fingerprint density at radius 2 is 1.85 bits per heavy atom. The zero-order valence-corrected chi connectivity index (χ0v) is 12.8. The Morgan fingerprint density at radius 1 is 1.30 bits per heavy atom. The summed E-state index contributed by atoms with van der Waals surface area (Å²) in [4.78, 5) is 11.8. The number of nitrogens with one attached hydrogen (secondary N) is 2. The number of sulfonamides is 1. The summed E-state index contributed by atoms with van der Waals surface area (Å²) < 4.78 is 26.4. The molecule has 0 aliphatic carbocycles. The summed E-state index contributed by atoms with van der Waals surface area (Å²) in [7, 11) is -3.76. The fraction of sp³-hybridized carbons (Fsp3) is 0.417. The van der Waals surface area contributed by atoms with Gasteiger partial charge in [-0.2, -0.15) is 4.72 Å². The molecule has 20 heavy (non-hydrogen) atoms. The highest BCUT2D eigenvalue weighted by molar-refractivity contribution is 7.89. The van der Waals surface area contributed by atoms with Crippen LogP contribution in [-0.2, 0) is 14.8 Å². The van der Waals surface area contributed by atoms with Gasteiger partial charge in [0.1, 0.15) is 0 Å². The molecule has 0 bridgehead atoms. The maximum atomic E-state index is 12.1. The van der Waals surface area contributed by atoms with E-state index in [-0.39, 0.29) is 17.5 Å². The average Bonchev–Trinajstić information content (AvgIpc) is 2.38. The van der Waals surface area contributed by atoms with E-state index in [1.54, 1.807) is 6.92 Å². The molecule has 1 aromatic carbocycles. The van der Waals surface area contributed by atoms with Crippen LogP contribution in [0.5, 0.6) is 0 Å². The standard InChI is InChI=1S/C12H18ClN3O3S/c1-8(7-14)15-12(17)9(2)16-20(18,19)11-5-3-10(13)4-6-11/h3-6,8-9,16H,7,14H2,1-2H3,(H,15,17)/t8-,9?/m0/s1. The fourth-order valence-corrected chi connectivity index (χ4v) is 2.72. The number of rotatable bonds is 6. The van der Waals surface area contributed by atoms with Crippen LogP contribution >= 0.6 is 11.6 Å². The van der Waals surface area contributed by atoms with Crippen LogP contribution in [-0.4, -0.2) is 33.0 Å². The van der Waals surface area contributed by atoms with Crippen LogP contribution in [0.3, 0.4) is 0 Å². The molecular formula is C12H18ClN3O3S. The minimum Gasteiger partial charge on any atom is -0.351 e. The van der Waals surface area contributed by atoms with E-state index < -0.39 is 22.0 Å². The molecule has 1 rings (SSSR count). The van der Waals surface area contributed by atoms with Crippen LogP contribution in [0.1, 0.15) is 13.8 Å². The zero-order valence-electron chi connectivity index (χ0n) is 11.3. The third-order valence-corrected chi connectivity index (χ3v) is 4.40. The second-order valence-corrected chi connectivity index (χ2v) is 6.59. The van der Waals surface area contributed by atoms with E-state index in [1.165, 1.54) is 31.2 Å². The van der Waals surface area contributed by atoms with Crippen molar-refractivity contribution in [1.82, 2.24) is 10.0 Å². The number of halogens is 1. The lowest BCUT2D eigenvalue weighted by Gasteiger charge is -2.17. The minimum absolute atomic E-state index is 0.0495. The van der Waals surface area contributed by atoms with Crippen LogP contribution in [0.25, 0.3) is 0 Å². The highest BCUT2D eigenvalue weighted by atomic mass is 35.5. The Hall–Kier alpha value is -1.15. The molecule has 6 nitrogen and oxygen atoms in total. The SMILES string of the molecule is CC(NS(=O)(=O)c1ccc(Cl)cc1)C(=O)N[C@@H](C)CN. The quantitative estimate of drug-likeness (QED) is 0.709. The first kappa shape index (κ1) is 16.9. The van der Waals surface area contributed by atoms with Crippen LogP contribution in [0.2, 0.25) is 5.02 Å². The predicted octanol–water partition coefficient (Wildman–Crippen LogP) is 0.470. The minimum atomic E-state index is -3.76. The molecule has 1 unspecified atom stereocenters. The molecule has 112 valence electrons. The second kappa shape index (κ2) is 7.03. The molecule has 0 heterocycles. The van der Waals surface area contributed by atoms with Crippen LogP contribution in [0.4, 0.5) is 0 Å². The summed E-state index contributed by atoms with van der Waals surface area (Å²) in [6, 6.07) is 4.57. The number of benzene rings is 1. The van der Waals surface area contributed by atoms with Crippen molar-refractivity contribution in [2.45, 2.75) is 30.8 Å². The lowest BCUT2D eigenvalue weighted by Crippen LogP contribution is -2.48. The number of nitrogens with two attached hydrogens (primary N) is 1. The van der Waals surface area contributed by atoms with Gasteiger partial charge in [0.05, 0.1) is 10.9 Å². The van der Waals surface area contributed by atoms with Gasteiger partial charge in [0.15, 0.2) is 0 Å². The molecule has 0 spiro atoms. The second-order valence-electron chi connectivity index (χ2n) is 4.44. The van der Waals surface area contributed by atoms with Crippen molar-refractivity contribution >= 4 is 27.5 Å². The van der Waals surface area contributed by atoms with Crippen molar-refractivity contribution in [1.29, 1.82) is 0 Å². The number of carbonyl (C=O) groups is 1. The van der Waals surface area contributed by atoms with E-state index in [9.17, 15) is 13.2 Å². The van der Waals surface area contributed by atoms with Crippen molar-refractivity contribution < 1.29 is 13.2 Å². The molecule has 0 saturated heterocycles. The van der Waals surface area contributed by atoms with Gasteiger partial charge in [-0.25, -0.2) is 8.42 Å². The predicted molar refractivity (Wildman–Crippen MR) is 77.9 cm³/mol. The first-order valence-corrected chi connectivity index (χ1v) is 7.90. The summed E-state index contributed by atoms with van der Waals surface area (Å²) in [5.74, 6) is -0.430. The molecule has 0 saturated carbocycles. The smallest absolute Gasteiger partial charge is 0.241 e. The van der Waals surface area contributed by atoms with Crippen molar-refractivity contribution in [3.05, 3.63) is 29.3 Å². The Kier molecular flexibility index (Phi) is 5.94. The molecule has 8 heteroatoms. The Balaban J connectivity index is 2.75. The van der Waals surface area contributed by atoms with E-state index >= 15 is 0 Å². The Bertz CT molecular complexity index is 560. The van der Waals surface area contributed by atoms with Gasteiger partial charge in [0, 0.05) is 17.6 Å². The van der Waals surface area contributed by atoms with E-state index in [0.29, 0.717) is 5.02 Å². The van der Waals surface area contributed by atoms with Crippen LogP contribution < -0.4 is 15.8 Å². The first-order valence-electron chi connectivity index (χ1n) is 6.04. The van der Waals surface area contributed by atoms with Crippen molar-refractivity contribution in [3.63, 3.8) is 0 Å². The molecule has 1 aromatic rings. The normalized spacial score (nSPS) is 14.6. The topological polar surface area (TPSA) is 101 Å². The van der Waals surface area contributed by atoms with Gasteiger partial charge < -0.3 is 11.1 Å². The fourth-order valence-electron chi connectivity index (χ4n) is 1.39. The molecule has 0 aliphatic rings. The van der Waals surface area contributed by atoms with Gasteiger partial charge in [-0.15, -0.1) is 0 Å². The lowest BCUT2D eigenvalue weighted by molar-refractivity contribution is -0.122. The van der Waals surface area contributed by atoms with E-state index in [1.807, 2.05) is 0 Å². The van der Waals surface area contributed by atoms with Gasteiger partial charge in [-0.3, -0.25) is 4.79 Å². The number of amides is 1. The zero-order chi connectivity index (χ0) is 15.3. The Morgan fingerprint density at radius 3 is 2.35 bits per heavy atom. The highest BCUT2D eigenvalue weighted by Crippen LogP contribution is 2.14. The summed E-state index contributed by atoms with van der Waals surface area (Å²) >= 11 is 5.70. The van der Waals surface area contributed by atoms with Crippen LogP contribution in [0, 0.1) is 0 Å². The largest absolute Gasteiger partial charge is 0.351 e. The molecular weight excluding hydrogens is 302 g/mol. The highest BCUT2D eigenvalue weighted by Gasteiger charge is 2.22. The lowest BCUT2D eigenvalue weighted by atomic mass is 10.3. The summed E-state index contributed by atoms with van der Waals surface area (Å²) in [5.41, 5.74) is 5.39. The third-order valence-electron chi connectivity index (χ3n) is 2.59. The van der Waals surface area contributed by atoms with Crippen LogP contribution in [0.15, 0.2) is 29.2 Å². The maximum absolute atomic E-state index is 12.1. The van der Waals surface area contributed by atoms with E-state index in [2.05, 4.69) is 10.0 Å². The molecule has 2 atom stereocenters. The van der Waals surface area contributed by atoms with Gasteiger partial charge in [0.25, 0.3) is 0 Å². The summed E-state index contributed by atoms with van der Waals surface area (Å²) in [6.07, 6.45) is 0. The van der Waals surface area contributed by atoms with Gasteiger partial charge in [0.2, 0.25) is 15.9 Å². The Labute approximate surface area is 123 Å². The maximum Gasteiger partial charge on any atom is 0.241 e. The molecule has 1 amide bonds. The number of carbonyl (C=O) groups excluding carboxylic acids is 1. The first-order chi connectivity index (χ1) is 9.26. The molecule has 0 aliphatic heterocycles.